The van der Waals surface area contributed by atoms with Crippen LogP contribution in [-0.4, -0.2) is 48.3 Å². The maximum absolute atomic E-state index is 12.8. The number of nitrogens with one attached hydrogen (secondary N) is 2. The minimum Gasteiger partial charge on any atom is -0.466 e. The molecule has 1 aromatic carbocycles. The number of carbonyl (C=O) groups excluding carboxylic acids is 3. The number of hydrogen-bond donors (Lipinski definition) is 2. The van der Waals surface area contributed by atoms with Crippen molar-refractivity contribution in [3.8, 4) is 0 Å². The monoisotopic (exact) mass is 552 g/mol. The Hall–Kier alpha value is -2.66. The third-order valence-electron chi connectivity index (χ3n) is 4.98. The molecule has 2 N–H and O–H groups in total. The second-order valence-electron chi connectivity index (χ2n) is 8.84. The van der Waals surface area contributed by atoms with E-state index in [-0.39, 0.29) is 23.5 Å². The quantitative estimate of drug-likeness (QED) is 0.468. The summed E-state index contributed by atoms with van der Waals surface area (Å²) in [6.45, 7) is 8.67. The molecule has 2 heterocycles. The number of thiazole rings is 1. The van der Waals surface area contributed by atoms with Gasteiger partial charge >= 0.3 is 12.1 Å². The van der Waals surface area contributed by atoms with Gasteiger partial charge in [0, 0.05) is 24.2 Å². The number of nitrogens with zero attached hydrogens (tertiary/aromatic N) is 2. The van der Waals surface area contributed by atoms with Gasteiger partial charge in [-0.25, -0.2) is 9.78 Å². The second kappa shape index (κ2) is 11.2. The van der Waals surface area contributed by atoms with Crippen molar-refractivity contribution in [3.63, 3.8) is 0 Å². The van der Waals surface area contributed by atoms with Crippen LogP contribution in [0.5, 0.6) is 0 Å². The van der Waals surface area contributed by atoms with Crippen LogP contribution in [0.25, 0.3) is 0 Å². The molecule has 1 saturated heterocycles. The van der Waals surface area contributed by atoms with E-state index in [1.807, 2.05) is 6.07 Å². The maximum atomic E-state index is 12.8. The molecule has 11 heteroatoms. The maximum Gasteiger partial charge on any atom is 0.412 e. The Morgan fingerprint density at radius 3 is 2.68 bits per heavy atom. The van der Waals surface area contributed by atoms with Crippen molar-refractivity contribution in [1.29, 1.82) is 0 Å². The lowest BCUT2D eigenvalue weighted by molar-refractivity contribution is -0.148. The largest absolute Gasteiger partial charge is 0.466 e. The van der Waals surface area contributed by atoms with E-state index in [0.29, 0.717) is 28.4 Å². The predicted molar refractivity (Wildman–Crippen MR) is 136 cm³/mol. The van der Waals surface area contributed by atoms with Crippen LogP contribution in [0.1, 0.15) is 51.0 Å². The van der Waals surface area contributed by atoms with Gasteiger partial charge in [0.2, 0.25) is 0 Å². The average molecular weight is 553 g/mol. The molecule has 0 aliphatic carbocycles. The predicted octanol–water partition coefficient (Wildman–Crippen LogP) is 5.28. The molecule has 0 saturated carbocycles. The Balaban J connectivity index is 1.87. The van der Waals surface area contributed by atoms with Crippen LogP contribution in [0.4, 0.5) is 21.9 Å². The first kappa shape index (κ1) is 26.0. The van der Waals surface area contributed by atoms with Crippen molar-refractivity contribution in [2.45, 2.75) is 46.1 Å². The molecule has 9 nitrogen and oxygen atoms in total. The number of anilines is 3. The summed E-state index contributed by atoms with van der Waals surface area (Å²) in [5.74, 6) is -0.837. The highest BCUT2D eigenvalue weighted by molar-refractivity contribution is 9.11. The second-order valence-corrected chi connectivity index (χ2v) is 11.0. The van der Waals surface area contributed by atoms with E-state index < -0.39 is 11.7 Å². The lowest BCUT2D eigenvalue weighted by Crippen LogP contribution is -2.39. The summed E-state index contributed by atoms with van der Waals surface area (Å²) in [5.41, 5.74) is 1.33. The molecule has 1 aromatic heterocycles. The molecule has 3 rings (SSSR count). The Morgan fingerprint density at radius 2 is 2.03 bits per heavy atom. The summed E-state index contributed by atoms with van der Waals surface area (Å²) in [6, 6.07) is 5.22. The number of amides is 2. The average Bonchev–Trinajstić information content (AvgIpc) is 3.19. The molecule has 1 aliphatic heterocycles. The van der Waals surface area contributed by atoms with Crippen LogP contribution >= 0.6 is 27.3 Å². The SMILES string of the molecule is CCOC(=O)C1CCCN(c2ccc(NC(=O)OC(C)(C)C)cc2NC(=O)c2csc(Br)n2)C1. The Labute approximate surface area is 211 Å². The van der Waals surface area contributed by atoms with E-state index in [1.165, 1.54) is 11.3 Å². The number of benzene rings is 1. The zero-order valence-corrected chi connectivity index (χ0v) is 22.0. The number of halogens is 1. The van der Waals surface area contributed by atoms with Crippen LogP contribution in [0, 0.1) is 5.92 Å². The first-order valence-corrected chi connectivity index (χ1v) is 12.7. The Bertz CT molecular complexity index is 1050. The molecular formula is C23H29BrN4O5S. The van der Waals surface area contributed by atoms with Gasteiger partial charge in [0.25, 0.3) is 5.91 Å². The summed E-state index contributed by atoms with van der Waals surface area (Å²) in [5, 5.41) is 7.26. The van der Waals surface area contributed by atoms with Crippen LogP contribution in [0.15, 0.2) is 27.5 Å². The smallest absolute Gasteiger partial charge is 0.412 e. The fourth-order valence-corrected chi connectivity index (χ4v) is 4.59. The van der Waals surface area contributed by atoms with Crippen molar-refractivity contribution in [2.75, 3.05) is 35.2 Å². The summed E-state index contributed by atoms with van der Waals surface area (Å²) in [7, 11) is 0. The van der Waals surface area contributed by atoms with Crippen LogP contribution in [0.2, 0.25) is 0 Å². The van der Waals surface area contributed by atoms with Gasteiger partial charge in [-0.15, -0.1) is 11.3 Å². The third-order valence-corrected chi connectivity index (χ3v) is 6.35. The molecule has 0 spiro atoms. The first-order valence-electron chi connectivity index (χ1n) is 11.0. The van der Waals surface area contributed by atoms with Gasteiger partial charge < -0.3 is 19.7 Å². The summed E-state index contributed by atoms with van der Waals surface area (Å²) in [4.78, 5) is 43.7. The molecule has 184 valence electrons. The van der Waals surface area contributed by atoms with Gasteiger partial charge in [-0.2, -0.15) is 0 Å². The standard InChI is InChI=1S/C23H29BrN4O5S/c1-5-32-20(30)14-7-6-10-28(12-14)18-9-8-15(25-22(31)33-23(2,3)4)11-16(18)26-19(29)17-13-34-21(24)27-17/h8-9,11,13-14H,5-7,10,12H2,1-4H3,(H,25,31)(H,26,29). The minimum atomic E-state index is -0.644. The number of carbonyl (C=O) groups is 3. The highest BCUT2D eigenvalue weighted by Crippen LogP contribution is 2.33. The molecule has 1 aliphatic rings. The number of esters is 1. The Kier molecular flexibility index (Phi) is 8.53. The highest BCUT2D eigenvalue weighted by atomic mass is 79.9. The molecule has 2 aromatic rings. The van der Waals surface area contributed by atoms with Crippen molar-refractivity contribution >= 4 is 62.3 Å². The van der Waals surface area contributed by atoms with Crippen molar-refractivity contribution in [1.82, 2.24) is 4.98 Å². The fraction of sp³-hybridized carbons (Fsp3) is 0.478. The van der Waals surface area contributed by atoms with Gasteiger partial charge in [-0.1, -0.05) is 0 Å². The van der Waals surface area contributed by atoms with Crippen LogP contribution in [0.3, 0.4) is 0 Å². The van der Waals surface area contributed by atoms with Gasteiger partial charge in [0.05, 0.1) is 23.9 Å². The van der Waals surface area contributed by atoms with E-state index in [4.69, 9.17) is 9.47 Å². The normalized spacial score (nSPS) is 16.0. The van der Waals surface area contributed by atoms with E-state index in [2.05, 4.69) is 36.4 Å². The number of ether oxygens (including phenoxy) is 2. The number of hydrogen-bond acceptors (Lipinski definition) is 8. The number of aromatic nitrogens is 1. The topological polar surface area (TPSA) is 110 Å². The van der Waals surface area contributed by atoms with Gasteiger partial charge in [0.15, 0.2) is 3.92 Å². The zero-order valence-electron chi connectivity index (χ0n) is 19.6. The Morgan fingerprint density at radius 1 is 1.26 bits per heavy atom. The molecule has 1 unspecified atom stereocenters. The van der Waals surface area contributed by atoms with Gasteiger partial charge in [-0.05, 0) is 74.7 Å². The van der Waals surface area contributed by atoms with Crippen molar-refractivity contribution < 1.29 is 23.9 Å². The van der Waals surface area contributed by atoms with Gasteiger partial charge in [0.1, 0.15) is 11.3 Å². The van der Waals surface area contributed by atoms with Crippen LogP contribution in [-0.2, 0) is 14.3 Å². The summed E-state index contributed by atoms with van der Waals surface area (Å²) in [6.07, 6.45) is 0.969. The van der Waals surface area contributed by atoms with E-state index in [0.717, 1.165) is 25.1 Å². The summed E-state index contributed by atoms with van der Waals surface area (Å²) >= 11 is 4.58. The zero-order chi connectivity index (χ0) is 24.9. The molecular weight excluding hydrogens is 524 g/mol. The molecule has 34 heavy (non-hydrogen) atoms. The van der Waals surface area contributed by atoms with Gasteiger partial charge in [-0.3, -0.25) is 14.9 Å². The molecule has 2 amide bonds. The highest BCUT2D eigenvalue weighted by Gasteiger charge is 2.28. The molecule has 0 bridgehead atoms. The number of rotatable bonds is 6. The summed E-state index contributed by atoms with van der Waals surface area (Å²) < 4.78 is 11.1. The van der Waals surface area contributed by atoms with Crippen molar-refractivity contribution in [3.05, 3.63) is 33.2 Å². The van der Waals surface area contributed by atoms with E-state index in [1.54, 1.807) is 45.2 Å². The number of piperidine rings is 1. The van der Waals surface area contributed by atoms with E-state index in [9.17, 15) is 14.4 Å². The lowest BCUT2D eigenvalue weighted by Gasteiger charge is -2.34. The third kappa shape index (κ3) is 7.17. The fourth-order valence-electron chi connectivity index (χ4n) is 3.60. The minimum absolute atomic E-state index is 0.215. The van der Waals surface area contributed by atoms with E-state index >= 15 is 0 Å². The molecule has 1 atom stereocenters. The lowest BCUT2D eigenvalue weighted by atomic mass is 9.97. The molecule has 0 radical (unpaired) electrons. The van der Waals surface area contributed by atoms with Crippen LogP contribution < -0.4 is 15.5 Å². The first-order chi connectivity index (χ1) is 16.1. The van der Waals surface area contributed by atoms with Crippen molar-refractivity contribution in [2.24, 2.45) is 5.92 Å². The molecule has 1 fully saturated rings.